The largest absolute Gasteiger partial charge is 0.345 e. The van der Waals surface area contributed by atoms with Crippen molar-refractivity contribution in [1.29, 1.82) is 5.26 Å². The van der Waals surface area contributed by atoms with E-state index in [1.54, 1.807) is 35.7 Å². The molecule has 0 aliphatic carbocycles. The second-order valence-corrected chi connectivity index (χ2v) is 19.7. The summed E-state index contributed by atoms with van der Waals surface area (Å²) >= 11 is 3.41. The first-order valence-corrected chi connectivity index (χ1v) is 24.1. The van der Waals surface area contributed by atoms with Crippen LogP contribution in [0.3, 0.4) is 0 Å². The minimum Gasteiger partial charge on any atom is -0.345 e. The van der Waals surface area contributed by atoms with E-state index in [2.05, 4.69) is 183 Å². The normalized spacial score (nSPS) is 12.5. The van der Waals surface area contributed by atoms with Crippen LogP contribution in [-0.2, 0) is 0 Å². The van der Waals surface area contributed by atoms with Crippen molar-refractivity contribution in [2.24, 2.45) is 0 Å². The maximum Gasteiger partial charge on any atom is 0.126 e. The first-order chi connectivity index (χ1) is 30.2. The fourth-order valence-corrected chi connectivity index (χ4v) is 9.44. The van der Waals surface area contributed by atoms with Gasteiger partial charge in [-0.25, -0.2) is 9.37 Å². The zero-order chi connectivity index (χ0) is 47.4. The maximum absolute atomic E-state index is 13.1. The molecule has 64 heavy (non-hydrogen) atoms. The Balaban J connectivity index is 0.000000176. The van der Waals surface area contributed by atoms with Gasteiger partial charge in [-0.15, -0.1) is 22.7 Å². The van der Waals surface area contributed by atoms with Gasteiger partial charge in [-0.1, -0.05) is 103 Å². The SMILES string of the molecule is C=C1c2sccc2C=CN1C(C)C.C=C1c2scnc2C=CN1C(C)C.Cc1cc(C#N)ccc1C(C)C.Cc1cc(C)c(C(C)C)cc1F.Cc1cc2ccccc2cc1C(C)C. The Hall–Kier alpha value is -5.55. The number of nitriles is 1. The van der Waals surface area contributed by atoms with E-state index in [1.165, 1.54) is 53.9 Å². The van der Waals surface area contributed by atoms with Crippen LogP contribution in [0, 0.1) is 44.8 Å². The summed E-state index contributed by atoms with van der Waals surface area (Å²) in [7, 11) is 0. The van der Waals surface area contributed by atoms with Crippen LogP contribution in [0.5, 0.6) is 0 Å². The van der Waals surface area contributed by atoms with Crippen molar-refractivity contribution < 1.29 is 4.39 Å². The Morgan fingerprint density at radius 2 is 1.12 bits per heavy atom. The number of rotatable bonds is 5. The highest BCUT2D eigenvalue weighted by atomic mass is 32.1. The number of hydrogen-bond acceptors (Lipinski definition) is 6. The van der Waals surface area contributed by atoms with Crippen LogP contribution >= 0.6 is 22.7 Å². The molecule has 0 amide bonds. The van der Waals surface area contributed by atoms with Crippen LogP contribution in [0.15, 0.2) is 109 Å². The standard InChI is InChI=1S/C14H16.C11H15F.C11H13NS.C11H13N.C10H12N2S/c1-10(2)14-9-13-7-5-4-6-12(13)8-11(14)3;1-7(2)10-6-11(12)9(4)5-8(10)3;1-8(2)12-6-4-10-5-7-13-11(10)9(12)3;1-8(2)11-5-4-10(7-12)6-9(11)3;1-7(2)12-5-4-9-10(8(12)3)13-6-11-9/h4-10H,1-3H3;5-7H,1-4H3;4-8H,3H2,1-2H3;4-6,8H,1-3H3;4-7H,3H2,1-2H3. The molecule has 2 aliphatic heterocycles. The summed E-state index contributed by atoms with van der Waals surface area (Å²) in [6, 6.07) is 27.8. The lowest BCUT2D eigenvalue weighted by Crippen LogP contribution is -2.24. The molecule has 336 valence electrons. The van der Waals surface area contributed by atoms with Crippen molar-refractivity contribution in [2.75, 3.05) is 0 Å². The number of nitrogens with zero attached hydrogens (tertiary/aromatic N) is 4. The van der Waals surface area contributed by atoms with Crippen molar-refractivity contribution >= 4 is 57.0 Å². The molecule has 0 atom stereocenters. The predicted molar refractivity (Wildman–Crippen MR) is 279 cm³/mol. The van der Waals surface area contributed by atoms with Gasteiger partial charge in [0.1, 0.15) is 5.82 Å². The van der Waals surface area contributed by atoms with Crippen LogP contribution in [0.25, 0.3) is 34.3 Å². The van der Waals surface area contributed by atoms with Crippen LogP contribution in [0.4, 0.5) is 4.39 Å². The van der Waals surface area contributed by atoms with Crippen molar-refractivity contribution in [3.05, 3.63) is 181 Å². The minimum atomic E-state index is -0.0932. The fraction of sp³-hybridized carbons (Fsp3) is 0.333. The van der Waals surface area contributed by atoms with E-state index in [1.807, 2.05) is 42.8 Å². The summed E-state index contributed by atoms with van der Waals surface area (Å²) in [4.78, 5) is 11.1. The summed E-state index contributed by atoms with van der Waals surface area (Å²) in [6.07, 6.45) is 8.36. The molecule has 4 nitrogen and oxygen atoms in total. The number of thiazole rings is 1. The van der Waals surface area contributed by atoms with Crippen molar-refractivity contribution in [2.45, 2.75) is 127 Å². The second-order valence-electron chi connectivity index (χ2n) is 18.0. The molecule has 4 heterocycles. The maximum atomic E-state index is 13.1. The summed E-state index contributed by atoms with van der Waals surface area (Å²) in [5.74, 6) is 1.46. The van der Waals surface area contributed by atoms with E-state index in [4.69, 9.17) is 5.26 Å². The molecule has 0 unspecified atom stereocenters. The molecule has 0 spiro atoms. The molecule has 0 saturated carbocycles. The number of halogens is 1. The van der Waals surface area contributed by atoms with Crippen molar-refractivity contribution in [3.8, 4) is 6.07 Å². The third-order valence-corrected chi connectivity index (χ3v) is 13.2. The Morgan fingerprint density at radius 1 is 0.594 bits per heavy atom. The quantitative estimate of drug-likeness (QED) is 0.173. The molecule has 8 rings (SSSR count). The number of aryl methyl sites for hydroxylation is 4. The lowest BCUT2D eigenvalue weighted by molar-refractivity contribution is 0.439. The van der Waals surface area contributed by atoms with E-state index in [-0.39, 0.29) is 5.82 Å². The van der Waals surface area contributed by atoms with Crippen LogP contribution in [-0.4, -0.2) is 26.9 Å². The van der Waals surface area contributed by atoms with Gasteiger partial charge in [-0.2, -0.15) is 5.26 Å². The summed E-state index contributed by atoms with van der Waals surface area (Å²) < 4.78 is 13.1. The van der Waals surface area contributed by atoms with Crippen molar-refractivity contribution in [3.63, 3.8) is 0 Å². The third-order valence-electron chi connectivity index (χ3n) is 11.3. The van der Waals surface area contributed by atoms with E-state index < -0.39 is 0 Å². The van der Waals surface area contributed by atoms with E-state index in [0.717, 1.165) is 33.8 Å². The Morgan fingerprint density at radius 3 is 1.69 bits per heavy atom. The summed E-state index contributed by atoms with van der Waals surface area (Å²) in [5.41, 5.74) is 15.6. The first-order valence-electron chi connectivity index (χ1n) is 22.3. The number of aromatic nitrogens is 1. The number of hydrogen-bond donors (Lipinski definition) is 0. The van der Waals surface area contributed by atoms with Crippen LogP contribution < -0.4 is 0 Å². The molecular weight excluding hydrogens is 824 g/mol. The molecule has 0 N–H and O–H groups in total. The minimum absolute atomic E-state index is 0.0932. The molecule has 0 bridgehead atoms. The summed E-state index contributed by atoms with van der Waals surface area (Å²) in [6.45, 7) is 37.9. The van der Waals surface area contributed by atoms with Crippen molar-refractivity contribution in [1.82, 2.24) is 14.8 Å². The molecule has 2 aromatic heterocycles. The molecule has 4 aromatic carbocycles. The Labute approximate surface area is 392 Å². The van der Waals surface area contributed by atoms with Gasteiger partial charge in [0.25, 0.3) is 0 Å². The van der Waals surface area contributed by atoms with E-state index >= 15 is 0 Å². The molecule has 0 radical (unpaired) electrons. The molecule has 0 saturated heterocycles. The molecule has 7 heteroatoms. The zero-order valence-corrected chi connectivity index (χ0v) is 42.3. The van der Waals surface area contributed by atoms with Gasteiger partial charge >= 0.3 is 0 Å². The van der Waals surface area contributed by atoms with Gasteiger partial charge in [-0.05, 0) is 170 Å². The molecule has 2 aliphatic rings. The Bertz CT molecular complexity index is 2560. The number of thiophene rings is 1. The molecule has 6 aromatic rings. The lowest BCUT2D eigenvalue weighted by Gasteiger charge is -2.29. The van der Waals surface area contributed by atoms with Crippen LogP contribution in [0.1, 0.15) is 153 Å². The first kappa shape index (κ1) is 51.1. The third kappa shape index (κ3) is 13.3. The van der Waals surface area contributed by atoms with E-state index in [9.17, 15) is 4.39 Å². The van der Waals surface area contributed by atoms with Gasteiger partial charge in [-0.3, -0.25) is 0 Å². The highest BCUT2D eigenvalue weighted by molar-refractivity contribution is 7.11. The van der Waals surface area contributed by atoms with Gasteiger partial charge in [0.15, 0.2) is 0 Å². The zero-order valence-electron chi connectivity index (χ0n) is 40.7. The topological polar surface area (TPSA) is 43.2 Å². The second kappa shape index (κ2) is 23.4. The highest BCUT2D eigenvalue weighted by Crippen LogP contribution is 2.34. The molecule has 0 fully saturated rings. The highest BCUT2D eigenvalue weighted by Gasteiger charge is 2.20. The van der Waals surface area contributed by atoms with Gasteiger partial charge in [0.05, 0.1) is 44.0 Å². The molecular formula is C57H69FN4S2. The average Bonchev–Trinajstić information content (AvgIpc) is 3.94. The number of fused-ring (bicyclic) bond motifs is 3. The van der Waals surface area contributed by atoms with Gasteiger partial charge < -0.3 is 9.80 Å². The summed E-state index contributed by atoms with van der Waals surface area (Å²) in [5, 5.41) is 13.4. The lowest BCUT2D eigenvalue weighted by atomic mass is 9.94. The number of benzene rings is 4. The van der Waals surface area contributed by atoms with E-state index in [0.29, 0.717) is 29.8 Å². The van der Waals surface area contributed by atoms with Crippen LogP contribution in [0.2, 0.25) is 0 Å². The average molecular weight is 893 g/mol. The van der Waals surface area contributed by atoms with Gasteiger partial charge in [0.2, 0.25) is 0 Å². The Kier molecular flexibility index (Phi) is 18.7. The smallest absolute Gasteiger partial charge is 0.126 e. The monoisotopic (exact) mass is 892 g/mol. The fourth-order valence-electron chi connectivity index (χ4n) is 7.82. The van der Waals surface area contributed by atoms with Gasteiger partial charge in [0, 0.05) is 24.5 Å². The predicted octanol–water partition coefficient (Wildman–Crippen LogP) is 17.0.